The Morgan fingerprint density at radius 1 is 1.30 bits per heavy atom. The lowest BCUT2D eigenvalue weighted by molar-refractivity contribution is -0.299. The first kappa shape index (κ1) is 9.80. The molecule has 0 aromatic rings. The van der Waals surface area contributed by atoms with Crippen LogP contribution in [0.15, 0.2) is 0 Å². The fourth-order valence-corrected chi connectivity index (χ4v) is 0.377. The molecule has 5 heteroatoms. The fourth-order valence-electron chi connectivity index (χ4n) is 0.377. The fraction of sp³-hybridized carbons (Fsp3) is 1.00. The van der Waals surface area contributed by atoms with E-state index in [1.807, 2.05) is 0 Å². The highest BCUT2D eigenvalue weighted by Gasteiger charge is 2.14. The van der Waals surface area contributed by atoms with Crippen molar-refractivity contribution in [2.45, 2.75) is 12.4 Å². The first-order valence-corrected chi connectivity index (χ1v) is 2.77. The lowest BCUT2D eigenvalue weighted by Gasteiger charge is -2.14. The third-order valence-corrected chi connectivity index (χ3v) is 0.927. The first-order valence-electron chi connectivity index (χ1n) is 2.77. The molecule has 0 aliphatic heterocycles. The van der Waals surface area contributed by atoms with Crippen molar-refractivity contribution in [2.75, 3.05) is 20.8 Å². The molecule has 2 atom stereocenters. The van der Waals surface area contributed by atoms with Gasteiger partial charge in [0.2, 0.25) is 0 Å². The number of ether oxygens (including phenoxy) is 1. The second-order valence-corrected chi connectivity index (χ2v) is 1.64. The summed E-state index contributed by atoms with van der Waals surface area (Å²) in [6.45, 7) is -0.120. The van der Waals surface area contributed by atoms with Crippen LogP contribution in [0.3, 0.4) is 0 Å². The normalized spacial score (nSPS) is 16.8. The molecule has 0 aromatic heterocycles. The number of aliphatic hydroxyl groups is 2. The summed E-state index contributed by atoms with van der Waals surface area (Å²) in [5.41, 5.74) is 0. The van der Waals surface area contributed by atoms with E-state index in [4.69, 9.17) is 10.2 Å². The second kappa shape index (κ2) is 5.57. The van der Waals surface area contributed by atoms with Crippen molar-refractivity contribution >= 4 is 0 Å². The highest BCUT2D eigenvalue weighted by atomic mass is 17.2. The minimum absolute atomic E-state index is 0.120. The minimum Gasteiger partial charge on any atom is -0.385 e. The van der Waals surface area contributed by atoms with Crippen LogP contribution in [0.1, 0.15) is 0 Å². The zero-order valence-electron chi connectivity index (χ0n) is 5.98. The topological polar surface area (TPSA) is 68.2 Å². The van der Waals surface area contributed by atoms with E-state index < -0.39 is 12.4 Å². The van der Waals surface area contributed by atoms with E-state index in [1.165, 1.54) is 14.2 Å². The molecule has 0 amide bonds. The number of hydrogen-bond acceptors (Lipinski definition) is 5. The van der Waals surface area contributed by atoms with Crippen LogP contribution in [0.4, 0.5) is 0 Å². The van der Waals surface area contributed by atoms with Crippen LogP contribution >= 0.6 is 0 Å². The van der Waals surface area contributed by atoms with Crippen molar-refractivity contribution in [2.24, 2.45) is 0 Å². The van der Waals surface area contributed by atoms with Gasteiger partial charge in [-0.3, -0.25) is 0 Å². The Kier molecular flexibility index (Phi) is 5.46. The Balaban J connectivity index is 3.31. The Morgan fingerprint density at radius 3 is 2.30 bits per heavy atom. The molecule has 0 saturated heterocycles. The average Bonchev–Trinajstić information content (AvgIpc) is 1.98. The Hall–Kier alpha value is -0.200. The van der Waals surface area contributed by atoms with E-state index >= 15 is 0 Å². The van der Waals surface area contributed by atoms with Gasteiger partial charge in [0, 0.05) is 7.11 Å². The molecule has 0 spiro atoms. The van der Waals surface area contributed by atoms with E-state index in [0.29, 0.717) is 0 Å². The summed E-state index contributed by atoms with van der Waals surface area (Å²) in [6, 6.07) is 0. The lowest BCUT2D eigenvalue weighted by atomic mass is 10.4. The summed E-state index contributed by atoms with van der Waals surface area (Å²) < 4.78 is 4.38. The van der Waals surface area contributed by atoms with Gasteiger partial charge in [-0.05, 0) is 0 Å². The molecule has 0 fully saturated rings. The molecule has 0 heterocycles. The number of rotatable bonds is 5. The standard InChI is InChI=1S/C5H12O5/c1-8-5(7)4(6)3-10-9-2/h4-7H,3H2,1-2H3. The van der Waals surface area contributed by atoms with E-state index in [2.05, 4.69) is 14.5 Å². The minimum atomic E-state index is -1.23. The second-order valence-electron chi connectivity index (χ2n) is 1.64. The molecule has 10 heavy (non-hydrogen) atoms. The van der Waals surface area contributed by atoms with Crippen LogP contribution in [0.5, 0.6) is 0 Å². The van der Waals surface area contributed by atoms with Gasteiger partial charge in [0.15, 0.2) is 6.29 Å². The van der Waals surface area contributed by atoms with Crippen molar-refractivity contribution in [3.8, 4) is 0 Å². The van der Waals surface area contributed by atoms with E-state index in [1.54, 1.807) is 0 Å². The zero-order chi connectivity index (χ0) is 7.98. The number of methoxy groups -OCH3 is 1. The molecular weight excluding hydrogens is 140 g/mol. The molecule has 0 radical (unpaired) electrons. The van der Waals surface area contributed by atoms with Gasteiger partial charge < -0.3 is 14.9 Å². The smallest absolute Gasteiger partial charge is 0.182 e. The molecule has 62 valence electrons. The van der Waals surface area contributed by atoms with Crippen LogP contribution in [-0.4, -0.2) is 43.4 Å². The molecule has 0 saturated carbocycles. The van der Waals surface area contributed by atoms with Crippen LogP contribution in [-0.2, 0) is 14.5 Å². The predicted octanol–water partition coefficient (Wildman–Crippen LogP) is -1.11. The predicted molar refractivity (Wildman–Crippen MR) is 32.0 cm³/mol. The maximum Gasteiger partial charge on any atom is 0.182 e. The summed E-state index contributed by atoms with van der Waals surface area (Å²) in [7, 11) is 2.59. The highest BCUT2D eigenvalue weighted by Crippen LogP contribution is 1.94. The molecule has 0 bridgehead atoms. The Labute approximate surface area is 59.1 Å². The first-order chi connectivity index (χ1) is 4.72. The quantitative estimate of drug-likeness (QED) is 0.297. The molecule has 0 aliphatic carbocycles. The third-order valence-electron chi connectivity index (χ3n) is 0.927. The van der Waals surface area contributed by atoms with Crippen molar-refractivity contribution in [1.82, 2.24) is 0 Å². The molecule has 0 aromatic carbocycles. The van der Waals surface area contributed by atoms with Gasteiger partial charge in [0.25, 0.3) is 0 Å². The van der Waals surface area contributed by atoms with Gasteiger partial charge in [-0.1, -0.05) is 0 Å². The van der Waals surface area contributed by atoms with Gasteiger partial charge >= 0.3 is 0 Å². The largest absolute Gasteiger partial charge is 0.385 e. The summed E-state index contributed by atoms with van der Waals surface area (Å²) in [4.78, 5) is 8.51. The van der Waals surface area contributed by atoms with Crippen molar-refractivity contribution in [3.63, 3.8) is 0 Å². The summed E-state index contributed by atoms with van der Waals surface area (Å²) in [6.07, 6.45) is -2.31. The molecule has 0 aliphatic rings. The van der Waals surface area contributed by atoms with E-state index in [9.17, 15) is 0 Å². The van der Waals surface area contributed by atoms with Crippen molar-refractivity contribution in [1.29, 1.82) is 0 Å². The average molecular weight is 152 g/mol. The summed E-state index contributed by atoms with van der Waals surface area (Å²) in [5.74, 6) is 0. The van der Waals surface area contributed by atoms with Gasteiger partial charge in [-0.2, -0.15) is 0 Å². The van der Waals surface area contributed by atoms with Crippen molar-refractivity contribution < 1.29 is 24.7 Å². The summed E-state index contributed by atoms with van der Waals surface area (Å²) >= 11 is 0. The van der Waals surface area contributed by atoms with Gasteiger partial charge in [-0.15, -0.1) is 0 Å². The maximum atomic E-state index is 8.87. The van der Waals surface area contributed by atoms with Crippen LogP contribution < -0.4 is 0 Å². The lowest BCUT2D eigenvalue weighted by Crippen LogP contribution is -2.31. The van der Waals surface area contributed by atoms with Gasteiger partial charge in [-0.25, -0.2) is 9.78 Å². The summed E-state index contributed by atoms with van der Waals surface area (Å²) in [5, 5.41) is 17.6. The molecule has 2 N–H and O–H groups in total. The SMILES string of the molecule is COOCC(O)C(O)OC. The monoisotopic (exact) mass is 152 g/mol. The van der Waals surface area contributed by atoms with Crippen LogP contribution in [0, 0.1) is 0 Å². The highest BCUT2D eigenvalue weighted by molar-refractivity contribution is 4.53. The number of aliphatic hydroxyl groups excluding tert-OH is 2. The van der Waals surface area contributed by atoms with Crippen molar-refractivity contribution in [3.05, 3.63) is 0 Å². The molecule has 2 unspecified atom stereocenters. The van der Waals surface area contributed by atoms with Crippen LogP contribution in [0.25, 0.3) is 0 Å². The molecule has 5 nitrogen and oxygen atoms in total. The van der Waals surface area contributed by atoms with E-state index in [-0.39, 0.29) is 6.61 Å². The van der Waals surface area contributed by atoms with E-state index in [0.717, 1.165) is 0 Å². The Morgan fingerprint density at radius 2 is 1.90 bits per heavy atom. The maximum absolute atomic E-state index is 8.87. The Bertz CT molecular complexity index is 76.4. The van der Waals surface area contributed by atoms with Gasteiger partial charge in [0.1, 0.15) is 12.7 Å². The molecule has 0 rings (SSSR count). The zero-order valence-corrected chi connectivity index (χ0v) is 5.98. The number of hydrogen-bond donors (Lipinski definition) is 2. The third kappa shape index (κ3) is 3.76. The molecular formula is C5H12O5. The van der Waals surface area contributed by atoms with Gasteiger partial charge in [0.05, 0.1) is 7.11 Å². The van der Waals surface area contributed by atoms with Crippen LogP contribution in [0.2, 0.25) is 0 Å².